The van der Waals surface area contributed by atoms with E-state index in [0.29, 0.717) is 24.5 Å². The summed E-state index contributed by atoms with van der Waals surface area (Å²) >= 11 is 6.03. The lowest BCUT2D eigenvalue weighted by molar-refractivity contribution is -0.131. The molecule has 0 aromatic heterocycles. The molecule has 1 N–H and O–H groups in total. The van der Waals surface area contributed by atoms with Crippen molar-refractivity contribution in [1.29, 1.82) is 0 Å². The zero-order valence-corrected chi connectivity index (χ0v) is 21.9. The molecule has 1 aromatic rings. The summed E-state index contributed by atoms with van der Waals surface area (Å²) in [6, 6.07) is 7.52. The van der Waals surface area contributed by atoms with E-state index >= 15 is 0 Å². The van der Waals surface area contributed by atoms with Crippen LogP contribution < -0.4 is 5.32 Å². The second-order valence-electron chi connectivity index (χ2n) is 8.49. The molecule has 7 nitrogen and oxygen atoms in total. The molecule has 1 aromatic carbocycles. The maximum absolute atomic E-state index is 12.7. The summed E-state index contributed by atoms with van der Waals surface area (Å²) in [5, 5.41) is 4.21. The van der Waals surface area contributed by atoms with Crippen molar-refractivity contribution in [2.24, 2.45) is 4.99 Å². The van der Waals surface area contributed by atoms with E-state index in [1.807, 2.05) is 36.2 Å². The molecule has 2 heterocycles. The topological polar surface area (TPSA) is 60.4 Å². The van der Waals surface area contributed by atoms with E-state index < -0.39 is 0 Å². The standard InChI is InChI=1S/C22H34ClN5O2.HI/c1-22(2,28-11-13-30-14-12-28)17-25-21(24-3)27-9-7-26(8-10-27)20(29)16-18-5-4-6-19(23)15-18;/h4-6,15H,7-14,16-17H2,1-3H3,(H,24,25);1H. The fraction of sp³-hybridized carbons (Fsp3) is 0.636. The lowest BCUT2D eigenvalue weighted by Gasteiger charge is -2.42. The van der Waals surface area contributed by atoms with Crippen molar-refractivity contribution in [2.75, 3.05) is 66.1 Å². The Kier molecular flexibility index (Phi) is 10.3. The molecule has 0 bridgehead atoms. The molecule has 0 saturated carbocycles. The summed E-state index contributed by atoms with van der Waals surface area (Å²) in [5.74, 6) is 1.05. The van der Waals surface area contributed by atoms with Crippen LogP contribution in [0.2, 0.25) is 5.02 Å². The first-order chi connectivity index (χ1) is 14.4. The van der Waals surface area contributed by atoms with Gasteiger partial charge in [-0.05, 0) is 31.5 Å². The second-order valence-corrected chi connectivity index (χ2v) is 8.92. The Morgan fingerprint density at radius 2 is 1.77 bits per heavy atom. The molecule has 2 fully saturated rings. The third kappa shape index (κ3) is 7.47. The summed E-state index contributed by atoms with van der Waals surface area (Å²) in [7, 11) is 1.82. The van der Waals surface area contributed by atoms with Crippen LogP contribution in [0.25, 0.3) is 0 Å². The van der Waals surface area contributed by atoms with Crippen LogP contribution in [0.5, 0.6) is 0 Å². The third-order valence-corrected chi connectivity index (χ3v) is 6.17. The van der Waals surface area contributed by atoms with Crippen LogP contribution in [-0.4, -0.2) is 98.2 Å². The minimum atomic E-state index is 0. The number of halogens is 2. The van der Waals surface area contributed by atoms with Gasteiger partial charge in [-0.2, -0.15) is 0 Å². The van der Waals surface area contributed by atoms with Gasteiger partial charge in [-0.25, -0.2) is 0 Å². The molecule has 0 atom stereocenters. The predicted molar refractivity (Wildman–Crippen MR) is 137 cm³/mol. The number of morpholine rings is 1. The highest BCUT2D eigenvalue weighted by atomic mass is 127. The third-order valence-electron chi connectivity index (χ3n) is 5.93. The normalized spacial score (nSPS) is 18.5. The Morgan fingerprint density at radius 3 is 2.39 bits per heavy atom. The largest absolute Gasteiger partial charge is 0.379 e. The van der Waals surface area contributed by atoms with E-state index in [1.165, 1.54) is 0 Å². The fourth-order valence-electron chi connectivity index (χ4n) is 4.01. The highest BCUT2D eigenvalue weighted by Gasteiger charge is 2.29. The van der Waals surface area contributed by atoms with Gasteiger partial charge in [0.15, 0.2) is 5.96 Å². The zero-order chi connectivity index (χ0) is 21.6. The van der Waals surface area contributed by atoms with Crippen molar-refractivity contribution >= 4 is 47.4 Å². The minimum Gasteiger partial charge on any atom is -0.379 e. The maximum Gasteiger partial charge on any atom is 0.227 e. The molecule has 0 aliphatic carbocycles. The summed E-state index contributed by atoms with van der Waals surface area (Å²) in [6.07, 6.45) is 0.390. The number of nitrogens with one attached hydrogen (secondary N) is 1. The smallest absolute Gasteiger partial charge is 0.227 e. The van der Waals surface area contributed by atoms with Crippen molar-refractivity contribution in [1.82, 2.24) is 20.0 Å². The summed E-state index contributed by atoms with van der Waals surface area (Å²) in [4.78, 5) is 23.8. The van der Waals surface area contributed by atoms with Crippen molar-refractivity contribution < 1.29 is 9.53 Å². The average molecular weight is 564 g/mol. The molecule has 2 saturated heterocycles. The first-order valence-corrected chi connectivity index (χ1v) is 11.1. The van der Waals surface area contributed by atoms with Crippen molar-refractivity contribution in [3.05, 3.63) is 34.9 Å². The highest BCUT2D eigenvalue weighted by molar-refractivity contribution is 14.0. The number of carbonyl (C=O) groups is 1. The quantitative estimate of drug-likeness (QED) is 0.339. The van der Waals surface area contributed by atoms with Crippen LogP contribution in [0, 0.1) is 0 Å². The number of piperazine rings is 1. The van der Waals surface area contributed by atoms with Crippen LogP contribution >= 0.6 is 35.6 Å². The molecule has 0 radical (unpaired) electrons. The van der Waals surface area contributed by atoms with E-state index in [4.69, 9.17) is 16.3 Å². The van der Waals surface area contributed by atoms with E-state index in [2.05, 4.69) is 34.0 Å². The SMILES string of the molecule is CN=C(NCC(C)(C)N1CCOCC1)N1CCN(C(=O)Cc2cccc(Cl)c2)CC1.I. The molecule has 0 unspecified atom stereocenters. The Labute approximate surface area is 208 Å². The molecule has 3 rings (SSSR count). The number of nitrogens with zero attached hydrogens (tertiary/aromatic N) is 4. The van der Waals surface area contributed by atoms with Crippen LogP contribution in [-0.2, 0) is 16.0 Å². The zero-order valence-electron chi connectivity index (χ0n) is 18.8. The summed E-state index contributed by atoms with van der Waals surface area (Å²) in [5.41, 5.74) is 0.979. The van der Waals surface area contributed by atoms with Crippen molar-refractivity contribution in [2.45, 2.75) is 25.8 Å². The monoisotopic (exact) mass is 563 g/mol. The lowest BCUT2D eigenvalue weighted by atomic mass is 10.0. The number of amides is 1. The Hall–Kier alpha value is -1.10. The molecule has 31 heavy (non-hydrogen) atoms. The number of hydrogen-bond donors (Lipinski definition) is 1. The van der Waals surface area contributed by atoms with Crippen LogP contribution in [0.15, 0.2) is 29.3 Å². The van der Waals surface area contributed by atoms with Gasteiger partial charge in [-0.15, -0.1) is 24.0 Å². The minimum absolute atomic E-state index is 0. The lowest BCUT2D eigenvalue weighted by Crippen LogP contribution is -2.59. The van der Waals surface area contributed by atoms with E-state index in [1.54, 1.807) is 0 Å². The van der Waals surface area contributed by atoms with Gasteiger partial charge in [0, 0.05) is 63.4 Å². The molecular formula is C22H35ClIN5O2. The van der Waals surface area contributed by atoms with Crippen molar-refractivity contribution in [3.63, 3.8) is 0 Å². The van der Waals surface area contributed by atoms with E-state index in [-0.39, 0.29) is 35.4 Å². The highest BCUT2D eigenvalue weighted by Crippen LogP contribution is 2.16. The van der Waals surface area contributed by atoms with Crippen LogP contribution in [0.1, 0.15) is 19.4 Å². The second kappa shape index (κ2) is 12.2. The van der Waals surface area contributed by atoms with Gasteiger partial charge in [0.1, 0.15) is 0 Å². The van der Waals surface area contributed by atoms with Gasteiger partial charge in [-0.1, -0.05) is 23.7 Å². The number of aliphatic imine (C=N–C) groups is 1. The maximum atomic E-state index is 12.7. The number of guanidine groups is 1. The van der Waals surface area contributed by atoms with Gasteiger partial charge in [-0.3, -0.25) is 14.7 Å². The number of hydrogen-bond acceptors (Lipinski definition) is 4. The molecule has 1 amide bonds. The van der Waals surface area contributed by atoms with Gasteiger partial charge < -0.3 is 19.9 Å². The van der Waals surface area contributed by atoms with Gasteiger partial charge >= 0.3 is 0 Å². The Bertz CT molecular complexity index is 747. The molecule has 0 spiro atoms. The van der Waals surface area contributed by atoms with E-state index in [0.717, 1.165) is 57.5 Å². The summed E-state index contributed by atoms with van der Waals surface area (Å²) < 4.78 is 5.48. The summed E-state index contributed by atoms with van der Waals surface area (Å²) in [6.45, 7) is 11.8. The number of carbonyl (C=O) groups excluding carboxylic acids is 1. The van der Waals surface area contributed by atoms with Gasteiger partial charge in [0.05, 0.1) is 19.6 Å². The van der Waals surface area contributed by atoms with Crippen molar-refractivity contribution in [3.8, 4) is 0 Å². The van der Waals surface area contributed by atoms with Gasteiger partial charge in [0.25, 0.3) is 0 Å². The Balaban J connectivity index is 0.00000341. The van der Waals surface area contributed by atoms with Gasteiger partial charge in [0.2, 0.25) is 5.91 Å². The number of rotatable bonds is 5. The van der Waals surface area contributed by atoms with Crippen LogP contribution in [0.4, 0.5) is 0 Å². The first kappa shape index (κ1) is 26.2. The molecule has 9 heteroatoms. The fourth-order valence-corrected chi connectivity index (χ4v) is 4.22. The molecular weight excluding hydrogens is 529 g/mol. The molecule has 174 valence electrons. The Morgan fingerprint density at radius 1 is 1.13 bits per heavy atom. The number of ether oxygens (including phenoxy) is 1. The first-order valence-electron chi connectivity index (χ1n) is 10.7. The van der Waals surface area contributed by atoms with E-state index in [9.17, 15) is 4.79 Å². The predicted octanol–water partition coefficient (Wildman–Crippen LogP) is 2.33. The molecule has 2 aliphatic rings. The average Bonchev–Trinajstić information content (AvgIpc) is 2.75. The van der Waals surface area contributed by atoms with Crippen LogP contribution in [0.3, 0.4) is 0 Å². The number of benzene rings is 1. The molecule has 2 aliphatic heterocycles.